The van der Waals surface area contributed by atoms with Gasteiger partial charge in [-0.3, -0.25) is 4.79 Å². The SMILES string of the molecule is N[C@H]1CC[C@@H](C(=O)N(Cc2cccc(Br)c2)C2CC2)C1. The average molecular weight is 337 g/mol. The van der Waals surface area contributed by atoms with E-state index >= 15 is 0 Å². The maximum Gasteiger partial charge on any atom is 0.226 e. The minimum Gasteiger partial charge on any atom is -0.335 e. The van der Waals surface area contributed by atoms with E-state index in [-0.39, 0.29) is 12.0 Å². The molecule has 2 aliphatic rings. The first kappa shape index (κ1) is 14.1. The van der Waals surface area contributed by atoms with Gasteiger partial charge in [0.05, 0.1) is 0 Å². The van der Waals surface area contributed by atoms with Gasteiger partial charge in [-0.2, -0.15) is 0 Å². The Balaban J connectivity index is 1.71. The molecule has 3 nitrogen and oxygen atoms in total. The van der Waals surface area contributed by atoms with Gasteiger partial charge in [0.25, 0.3) is 0 Å². The lowest BCUT2D eigenvalue weighted by Gasteiger charge is -2.26. The molecule has 1 amide bonds. The van der Waals surface area contributed by atoms with Crippen molar-refractivity contribution in [2.75, 3.05) is 0 Å². The summed E-state index contributed by atoms with van der Waals surface area (Å²) >= 11 is 3.50. The van der Waals surface area contributed by atoms with E-state index in [9.17, 15) is 4.79 Å². The van der Waals surface area contributed by atoms with E-state index in [1.165, 1.54) is 5.56 Å². The van der Waals surface area contributed by atoms with Crippen molar-refractivity contribution in [2.45, 2.75) is 50.7 Å². The van der Waals surface area contributed by atoms with Gasteiger partial charge in [-0.05, 0) is 49.8 Å². The van der Waals surface area contributed by atoms with Crippen molar-refractivity contribution in [2.24, 2.45) is 11.7 Å². The van der Waals surface area contributed by atoms with E-state index in [2.05, 4.69) is 33.0 Å². The maximum atomic E-state index is 12.7. The van der Waals surface area contributed by atoms with Crippen LogP contribution in [0.25, 0.3) is 0 Å². The summed E-state index contributed by atoms with van der Waals surface area (Å²) in [5.41, 5.74) is 7.15. The zero-order chi connectivity index (χ0) is 14.1. The molecular formula is C16H21BrN2O. The summed E-state index contributed by atoms with van der Waals surface area (Å²) in [6.07, 6.45) is 5.12. The highest BCUT2D eigenvalue weighted by Crippen LogP contribution is 2.33. The van der Waals surface area contributed by atoms with Gasteiger partial charge in [-0.25, -0.2) is 0 Å². The third-order valence-electron chi connectivity index (χ3n) is 4.34. The van der Waals surface area contributed by atoms with E-state index in [0.717, 1.165) is 43.1 Å². The highest BCUT2D eigenvalue weighted by atomic mass is 79.9. The Kier molecular flexibility index (Phi) is 4.13. The molecule has 0 bridgehead atoms. The van der Waals surface area contributed by atoms with Crippen LogP contribution >= 0.6 is 15.9 Å². The smallest absolute Gasteiger partial charge is 0.226 e. The number of hydrogen-bond donors (Lipinski definition) is 1. The topological polar surface area (TPSA) is 46.3 Å². The second kappa shape index (κ2) is 5.86. The van der Waals surface area contributed by atoms with Crippen LogP contribution in [0.1, 0.15) is 37.7 Å². The second-order valence-corrected chi connectivity index (χ2v) is 7.01. The highest BCUT2D eigenvalue weighted by molar-refractivity contribution is 9.10. The number of rotatable bonds is 4. The molecule has 20 heavy (non-hydrogen) atoms. The molecule has 3 rings (SSSR count). The molecule has 1 aromatic rings. The summed E-state index contributed by atoms with van der Waals surface area (Å²) in [6, 6.07) is 8.91. The van der Waals surface area contributed by atoms with E-state index in [4.69, 9.17) is 5.73 Å². The summed E-state index contributed by atoms with van der Waals surface area (Å²) < 4.78 is 1.07. The molecule has 2 N–H and O–H groups in total. The van der Waals surface area contributed by atoms with Gasteiger partial charge in [0.1, 0.15) is 0 Å². The number of hydrogen-bond acceptors (Lipinski definition) is 2. The van der Waals surface area contributed by atoms with Gasteiger partial charge < -0.3 is 10.6 Å². The van der Waals surface area contributed by atoms with Crippen LogP contribution in [0.5, 0.6) is 0 Å². The summed E-state index contributed by atoms with van der Waals surface area (Å²) in [6.45, 7) is 0.731. The normalized spacial score (nSPS) is 25.7. The van der Waals surface area contributed by atoms with Crippen molar-refractivity contribution >= 4 is 21.8 Å². The lowest BCUT2D eigenvalue weighted by Crippen LogP contribution is -2.37. The molecule has 2 fully saturated rings. The lowest BCUT2D eigenvalue weighted by molar-refractivity contribution is -0.136. The predicted molar refractivity (Wildman–Crippen MR) is 83.0 cm³/mol. The molecule has 0 spiro atoms. The maximum absolute atomic E-state index is 12.7. The molecule has 0 heterocycles. The monoisotopic (exact) mass is 336 g/mol. The Morgan fingerprint density at radius 3 is 2.70 bits per heavy atom. The fourth-order valence-corrected chi connectivity index (χ4v) is 3.53. The van der Waals surface area contributed by atoms with Crippen LogP contribution in [-0.4, -0.2) is 22.9 Å². The van der Waals surface area contributed by atoms with Crippen LogP contribution in [-0.2, 0) is 11.3 Å². The number of benzene rings is 1. The Bertz CT molecular complexity index is 501. The van der Waals surface area contributed by atoms with Crippen molar-refractivity contribution in [1.29, 1.82) is 0 Å². The molecule has 0 radical (unpaired) electrons. The Labute approximate surface area is 128 Å². The Morgan fingerprint density at radius 1 is 1.30 bits per heavy atom. The first-order valence-corrected chi connectivity index (χ1v) is 8.23. The number of nitrogens with two attached hydrogens (primary N) is 1. The van der Waals surface area contributed by atoms with Crippen molar-refractivity contribution < 1.29 is 4.79 Å². The second-order valence-electron chi connectivity index (χ2n) is 6.10. The standard InChI is InChI=1S/C16H21BrN2O/c17-13-3-1-2-11(8-13)10-19(15-6-7-15)16(20)12-4-5-14(18)9-12/h1-3,8,12,14-15H,4-7,9-10,18H2/t12-,14+/m1/s1. The van der Waals surface area contributed by atoms with Gasteiger partial charge in [-0.15, -0.1) is 0 Å². The van der Waals surface area contributed by atoms with Crippen LogP contribution in [0.15, 0.2) is 28.7 Å². The molecule has 2 saturated carbocycles. The highest BCUT2D eigenvalue weighted by Gasteiger charge is 2.38. The van der Waals surface area contributed by atoms with Crippen LogP contribution in [0.3, 0.4) is 0 Å². The number of carbonyl (C=O) groups is 1. The molecule has 4 heteroatoms. The quantitative estimate of drug-likeness (QED) is 0.918. The molecule has 2 atom stereocenters. The van der Waals surface area contributed by atoms with E-state index < -0.39 is 0 Å². The van der Waals surface area contributed by atoms with Gasteiger partial charge >= 0.3 is 0 Å². The fourth-order valence-electron chi connectivity index (χ4n) is 3.08. The van der Waals surface area contributed by atoms with Crippen LogP contribution < -0.4 is 5.73 Å². The van der Waals surface area contributed by atoms with Crippen molar-refractivity contribution in [1.82, 2.24) is 4.90 Å². The minimum absolute atomic E-state index is 0.151. The molecule has 2 aliphatic carbocycles. The van der Waals surface area contributed by atoms with Crippen LogP contribution in [0, 0.1) is 5.92 Å². The van der Waals surface area contributed by atoms with E-state index in [1.54, 1.807) is 0 Å². The number of amides is 1. The van der Waals surface area contributed by atoms with Crippen LogP contribution in [0.4, 0.5) is 0 Å². The van der Waals surface area contributed by atoms with E-state index in [0.29, 0.717) is 11.9 Å². The summed E-state index contributed by atoms with van der Waals surface area (Å²) in [7, 11) is 0. The first-order valence-electron chi connectivity index (χ1n) is 7.44. The van der Waals surface area contributed by atoms with Crippen LogP contribution in [0.2, 0.25) is 0 Å². The van der Waals surface area contributed by atoms with E-state index in [1.807, 2.05) is 12.1 Å². The van der Waals surface area contributed by atoms with Crippen molar-refractivity contribution in [3.63, 3.8) is 0 Å². The zero-order valence-electron chi connectivity index (χ0n) is 11.6. The van der Waals surface area contributed by atoms with Crippen molar-refractivity contribution in [3.8, 4) is 0 Å². The molecule has 0 aliphatic heterocycles. The molecule has 1 aromatic carbocycles. The number of halogens is 1. The van der Waals surface area contributed by atoms with Crippen molar-refractivity contribution in [3.05, 3.63) is 34.3 Å². The van der Waals surface area contributed by atoms with Gasteiger partial charge in [0.2, 0.25) is 5.91 Å². The zero-order valence-corrected chi connectivity index (χ0v) is 13.2. The third kappa shape index (κ3) is 3.23. The predicted octanol–water partition coefficient (Wildman–Crippen LogP) is 3.07. The van der Waals surface area contributed by atoms with Gasteiger partial charge in [0.15, 0.2) is 0 Å². The minimum atomic E-state index is 0.151. The largest absolute Gasteiger partial charge is 0.335 e. The Morgan fingerprint density at radius 2 is 2.10 bits per heavy atom. The lowest BCUT2D eigenvalue weighted by atomic mass is 10.1. The Hall–Kier alpha value is -0.870. The number of carbonyl (C=O) groups excluding carboxylic acids is 1. The molecule has 0 saturated heterocycles. The third-order valence-corrected chi connectivity index (χ3v) is 4.83. The summed E-state index contributed by atoms with van der Waals surface area (Å²) in [5.74, 6) is 0.471. The van der Waals surface area contributed by atoms with Gasteiger partial charge in [-0.1, -0.05) is 28.1 Å². The molecule has 0 aromatic heterocycles. The molecule has 108 valence electrons. The molecule has 0 unspecified atom stereocenters. The summed E-state index contributed by atoms with van der Waals surface area (Å²) in [5, 5.41) is 0. The molecular weight excluding hydrogens is 316 g/mol. The average Bonchev–Trinajstić information content (AvgIpc) is 3.17. The first-order chi connectivity index (χ1) is 9.63. The summed E-state index contributed by atoms with van der Waals surface area (Å²) in [4.78, 5) is 14.8. The fraction of sp³-hybridized carbons (Fsp3) is 0.562. The number of nitrogens with zero attached hydrogens (tertiary/aromatic N) is 1. The van der Waals surface area contributed by atoms with Gasteiger partial charge in [0, 0.05) is 29.0 Å².